The first kappa shape index (κ1) is 28.3. The van der Waals surface area contributed by atoms with E-state index in [0.29, 0.717) is 59.1 Å². The molecule has 6 nitrogen and oxygen atoms in total. The molecule has 1 aliphatic rings. The second-order valence-corrected chi connectivity index (χ2v) is 8.42. The SMILES string of the molecule is CCCCCCCCCOCCOCCOCCOCCCC(=O)OC1CCCCC1. The summed E-state index contributed by atoms with van der Waals surface area (Å²) in [5.41, 5.74) is 0. The molecule has 0 atom stereocenters. The Morgan fingerprint density at radius 3 is 1.68 bits per heavy atom. The Bertz CT molecular complexity index is 384. The van der Waals surface area contributed by atoms with Crippen molar-refractivity contribution in [3.63, 3.8) is 0 Å². The Hall–Kier alpha value is -0.690. The van der Waals surface area contributed by atoms with Gasteiger partial charge in [-0.05, 0) is 38.5 Å². The van der Waals surface area contributed by atoms with Crippen molar-refractivity contribution in [2.45, 2.75) is 103 Å². The quantitative estimate of drug-likeness (QED) is 0.163. The van der Waals surface area contributed by atoms with Crippen LogP contribution in [0.2, 0.25) is 0 Å². The van der Waals surface area contributed by atoms with Crippen molar-refractivity contribution in [1.29, 1.82) is 0 Å². The molecule has 1 saturated carbocycles. The van der Waals surface area contributed by atoms with E-state index in [4.69, 9.17) is 23.7 Å². The number of hydrogen-bond acceptors (Lipinski definition) is 6. The molecule has 0 N–H and O–H groups in total. The summed E-state index contributed by atoms with van der Waals surface area (Å²) in [4.78, 5) is 11.8. The minimum Gasteiger partial charge on any atom is -0.462 e. The third-order valence-electron chi connectivity index (χ3n) is 5.53. The largest absolute Gasteiger partial charge is 0.462 e. The Morgan fingerprint density at radius 1 is 0.613 bits per heavy atom. The summed E-state index contributed by atoms with van der Waals surface area (Å²) in [6.45, 7) is 7.15. The number of ether oxygens (including phenoxy) is 5. The van der Waals surface area contributed by atoms with E-state index in [9.17, 15) is 4.79 Å². The van der Waals surface area contributed by atoms with E-state index in [1.54, 1.807) is 0 Å². The fourth-order valence-electron chi connectivity index (χ4n) is 3.67. The van der Waals surface area contributed by atoms with Crippen molar-refractivity contribution < 1.29 is 28.5 Å². The van der Waals surface area contributed by atoms with Gasteiger partial charge in [-0.2, -0.15) is 0 Å². The van der Waals surface area contributed by atoms with Crippen LogP contribution < -0.4 is 0 Å². The van der Waals surface area contributed by atoms with Crippen molar-refractivity contribution in [3.05, 3.63) is 0 Å². The highest BCUT2D eigenvalue weighted by Crippen LogP contribution is 2.20. The molecule has 0 radical (unpaired) electrons. The van der Waals surface area contributed by atoms with Crippen LogP contribution in [0.3, 0.4) is 0 Å². The predicted octanol–water partition coefficient (Wildman–Crippen LogP) is 5.46. The molecule has 0 aromatic heterocycles. The molecule has 6 heteroatoms. The van der Waals surface area contributed by atoms with Crippen LogP contribution in [0.25, 0.3) is 0 Å². The minimum absolute atomic E-state index is 0.0877. The second-order valence-electron chi connectivity index (χ2n) is 8.42. The standard InChI is InChI=1S/C25H48O6/c1-2-3-4-5-6-7-11-16-27-18-20-29-22-23-30-21-19-28-17-12-15-25(26)31-24-13-9-8-10-14-24/h24H,2-23H2,1H3. The van der Waals surface area contributed by atoms with Gasteiger partial charge in [0.15, 0.2) is 0 Å². The van der Waals surface area contributed by atoms with E-state index in [-0.39, 0.29) is 12.1 Å². The topological polar surface area (TPSA) is 63.2 Å². The molecule has 1 rings (SSSR count). The molecule has 0 unspecified atom stereocenters. The van der Waals surface area contributed by atoms with Gasteiger partial charge in [0, 0.05) is 19.6 Å². The van der Waals surface area contributed by atoms with Gasteiger partial charge < -0.3 is 23.7 Å². The fourth-order valence-corrected chi connectivity index (χ4v) is 3.67. The minimum atomic E-state index is -0.0877. The highest BCUT2D eigenvalue weighted by molar-refractivity contribution is 5.69. The van der Waals surface area contributed by atoms with Crippen molar-refractivity contribution in [3.8, 4) is 0 Å². The van der Waals surface area contributed by atoms with Crippen LogP contribution in [0.15, 0.2) is 0 Å². The predicted molar refractivity (Wildman–Crippen MR) is 123 cm³/mol. The molecular weight excluding hydrogens is 396 g/mol. The highest BCUT2D eigenvalue weighted by Gasteiger charge is 2.17. The van der Waals surface area contributed by atoms with Crippen LogP contribution in [-0.2, 0) is 28.5 Å². The Morgan fingerprint density at radius 2 is 1.10 bits per heavy atom. The summed E-state index contributed by atoms with van der Waals surface area (Å²) in [7, 11) is 0. The summed E-state index contributed by atoms with van der Waals surface area (Å²) in [6.07, 6.45) is 16.1. The van der Waals surface area contributed by atoms with Gasteiger partial charge in [-0.15, -0.1) is 0 Å². The zero-order valence-corrected chi connectivity index (χ0v) is 20.1. The maximum atomic E-state index is 11.8. The van der Waals surface area contributed by atoms with Gasteiger partial charge in [-0.3, -0.25) is 4.79 Å². The van der Waals surface area contributed by atoms with Crippen LogP contribution >= 0.6 is 0 Å². The lowest BCUT2D eigenvalue weighted by Crippen LogP contribution is -2.21. The van der Waals surface area contributed by atoms with E-state index in [2.05, 4.69) is 6.92 Å². The maximum Gasteiger partial charge on any atom is 0.306 e. The molecule has 0 aliphatic heterocycles. The number of unbranched alkanes of at least 4 members (excludes halogenated alkanes) is 6. The lowest BCUT2D eigenvalue weighted by Gasteiger charge is -2.21. The molecule has 184 valence electrons. The molecule has 0 heterocycles. The zero-order valence-electron chi connectivity index (χ0n) is 20.1. The monoisotopic (exact) mass is 444 g/mol. The van der Waals surface area contributed by atoms with Crippen LogP contribution in [-0.4, -0.2) is 64.9 Å². The van der Waals surface area contributed by atoms with Crippen LogP contribution in [0.4, 0.5) is 0 Å². The molecular formula is C25H48O6. The summed E-state index contributed by atoms with van der Waals surface area (Å²) in [6, 6.07) is 0. The van der Waals surface area contributed by atoms with Gasteiger partial charge in [0.25, 0.3) is 0 Å². The fraction of sp³-hybridized carbons (Fsp3) is 0.960. The summed E-state index contributed by atoms with van der Waals surface area (Å²) in [5, 5.41) is 0. The molecule has 1 aliphatic carbocycles. The average Bonchev–Trinajstić information content (AvgIpc) is 2.78. The molecule has 1 fully saturated rings. The second kappa shape index (κ2) is 22.5. The van der Waals surface area contributed by atoms with Crippen molar-refractivity contribution in [2.24, 2.45) is 0 Å². The third-order valence-corrected chi connectivity index (χ3v) is 5.53. The van der Waals surface area contributed by atoms with E-state index >= 15 is 0 Å². The lowest BCUT2D eigenvalue weighted by molar-refractivity contribution is -0.150. The zero-order chi connectivity index (χ0) is 22.2. The number of hydrogen-bond donors (Lipinski definition) is 0. The molecule has 0 spiro atoms. The number of carbonyl (C=O) groups is 1. The van der Waals surface area contributed by atoms with E-state index in [0.717, 1.165) is 25.9 Å². The Kier molecular flexibility index (Phi) is 20.6. The van der Waals surface area contributed by atoms with Crippen molar-refractivity contribution >= 4 is 5.97 Å². The first-order valence-corrected chi connectivity index (χ1v) is 12.8. The molecule has 0 aromatic carbocycles. The number of esters is 1. The van der Waals surface area contributed by atoms with E-state index in [1.807, 2.05) is 0 Å². The molecule has 0 saturated heterocycles. The summed E-state index contributed by atoms with van der Waals surface area (Å²) >= 11 is 0. The Labute approximate surface area is 190 Å². The van der Waals surface area contributed by atoms with Crippen LogP contribution in [0, 0.1) is 0 Å². The van der Waals surface area contributed by atoms with Crippen LogP contribution in [0.1, 0.15) is 96.8 Å². The third kappa shape index (κ3) is 19.7. The van der Waals surface area contributed by atoms with Gasteiger partial charge in [0.2, 0.25) is 0 Å². The average molecular weight is 445 g/mol. The molecule has 31 heavy (non-hydrogen) atoms. The normalized spacial score (nSPS) is 14.7. The Balaban J connectivity index is 1.68. The first-order valence-electron chi connectivity index (χ1n) is 12.8. The molecule has 0 aromatic rings. The molecule has 0 bridgehead atoms. The van der Waals surface area contributed by atoms with Crippen molar-refractivity contribution in [1.82, 2.24) is 0 Å². The highest BCUT2D eigenvalue weighted by atomic mass is 16.6. The first-order chi connectivity index (χ1) is 15.3. The lowest BCUT2D eigenvalue weighted by atomic mass is 9.98. The van der Waals surface area contributed by atoms with Gasteiger partial charge in [-0.1, -0.05) is 51.9 Å². The van der Waals surface area contributed by atoms with E-state index in [1.165, 1.54) is 57.8 Å². The van der Waals surface area contributed by atoms with Gasteiger partial charge in [0.05, 0.1) is 39.6 Å². The van der Waals surface area contributed by atoms with Gasteiger partial charge in [0.1, 0.15) is 6.10 Å². The number of carbonyl (C=O) groups excluding carboxylic acids is 1. The summed E-state index contributed by atoms with van der Waals surface area (Å²) in [5.74, 6) is -0.0877. The number of rotatable bonds is 22. The van der Waals surface area contributed by atoms with E-state index < -0.39 is 0 Å². The smallest absolute Gasteiger partial charge is 0.306 e. The van der Waals surface area contributed by atoms with Gasteiger partial charge >= 0.3 is 5.97 Å². The molecule has 0 amide bonds. The van der Waals surface area contributed by atoms with Crippen molar-refractivity contribution in [2.75, 3.05) is 52.9 Å². The van der Waals surface area contributed by atoms with Gasteiger partial charge in [-0.25, -0.2) is 0 Å². The maximum absolute atomic E-state index is 11.8. The van der Waals surface area contributed by atoms with Crippen LogP contribution in [0.5, 0.6) is 0 Å². The summed E-state index contributed by atoms with van der Waals surface area (Å²) < 4.78 is 27.6.